The molecule has 0 bridgehead atoms. The Morgan fingerprint density at radius 2 is 2.32 bits per heavy atom. The van der Waals surface area contributed by atoms with Gasteiger partial charge < -0.3 is 10.4 Å². The van der Waals surface area contributed by atoms with Crippen molar-refractivity contribution in [3.05, 3.63) is 29.3 Å². The van der Waals surface area contributed by atoms with Gasteiger partial charge in [0.1, 0.15) is 0 Å². The van der Waals surface area contributed by atoms with Gasteiger partial charge in [-0.3, -0.25) is 9.69 Å². The highest BCUT2D eigenvalue weighted by Gasteiger charge is 2.14. The zero-order valence-corrected chi connectivity index (χ0v) is 11.5. The van der Waals surface area contributed by atoms with Crippen LogP contribution < -0.4 is 5.32 Å². The second kappa shape index (κ2) is 6.68. The molecule has 0 aromatic heterocycles. The first-order chi connectivity index (χ1) is 9.24. The zero-order chi connectivity index (χ0) is 13.7. The van der Waals surface area contributed by atoms with Crippen molar-refractivity contribution in [3.63, 3.8) is 0 Å². The number of rotatable bonds is 6. The standard InChI is InChI=1S/C15H22N2O2/c1-2-17(8-9-18)11-15(19)13-5-6-14-12(10-13)4-3-7-16-14/h5-6,10,16,18H,2-4,7-9,11H2,1H3. The lowest BCUT2D eigenvalue weighted by atomic mass is 9.99. The van der Waals surface area contributed by atoms with E-state index in [1.165, 1.54) is 5.56 Å². The molecule has 0 atom stereocenters. The van der Waals surface area contributed by atoms with Gasteiger partial charge in [-0.05, 0) is 43.1 Å². The van der Waals surface area contributed by atoms with Crippen molar-refractivity contribution in [2.45, 2.75) is 19.8 Å². The second-order valence-electron chi connectivity index (χ2n) is 4.92. The topological polar surface area (TPSA) is 52.6 Å². The number of aryl methyl sites for hydroxylation is 1. The average Bonchev–Trinajstić information content (AvgIpc) is 2.46. The number of carbonyl (C=O) groups is 1. The van der Waals surface area contributed by atoms with E-state index in [1.54, 1.807) is 0 Å². The number of anilines is 1. The maximum atomic E-state index is 12.2. The molecule has 19 heavy (non-hydrogen) atoms. The van der Waals surface area contributed by atoms with E-state index in [4.69, 9.17) is 5.11 Å². The molecule has 1 aromatic carbocycles. The summed E-state index contributed by atoms with van der Waals surface area (Å²) in [5.41, 5.74) is 3.17. The van der Waals surface area contributed by atoms with Gasteiger partial charge in [0.2, 0.25) is 0 Å². The van der Waals surface area contributed by atoms with Gasteiger partial charge in [0.25, 0.3) is 0 Å². The third kappa shape index (κ3) is 3.55. The molecule has 0 amide bonds. The lowest BCUT2D eigenvalue weighted by molar-refractivity contribution is 0.0919. The lowest BCUT2D eigenvalue weighted by Crippen LogP contribution is -2.32. The Morgan fingerprint density at radius 1 is 1.47 bits per heavy atom. The van der Waals surface area contributed by atoms with Gasteiger partial charge in [0, 0.05) is 24.3 Å². The number of hydrogen-bond acceptors (Lipinski definition) is 4. The number of carbonyl (C=O) groups excluding carboxylic acids is 1. The molecule has 0 aliphatic carbocycles. The predicted molar refractivity (Wildman–Crippen MR) is 76.8 cm³/mol. The van der Waals surface area contributed by atoms with Crippen LogP contribution >= 0.6 is 0 Å². The highest BCUT2D eigenvalue weighted by atomic mass is 16.3. The molecule has 0 unspecified atom stereocenters. The van der Waals surface area contributed by atoms with Crippen molar-refractivity contribution >= 4 is 11.5 Å². The number of Topliss-reactive ketones (excluding diaryl/α,β-unsaturated/α-hetero) is 1. The molecule has 4 heteroatoms. The quantitative estimate of drug-likeness (QED) is 0.764. The molecule has 4 nitrogen and oxygen atoms in total. The number of ketones is 1. The minimum atomic E-state index is 0.0925. The summed E-state index contributed by atoms with van der Waals surface area (Å²) in [7, 11) is 0. The average molecular weight is 262 g/mol. The third-order valence-electron chi connectivity index (χ3n) is 3.60. The van der Waals surface area contributed by atoms with Gasteiger partial charge >= 0.3 is 0 Å². The van der Waals surface area contributed by atoms with E-state index in [0.29, 0.717) is 13.1 Å². The van der Waals surface area contributed by atoms with Crippen LogP contribution in [0.4, 0.5) is 5.69 Å². The number of benzene rings is 1. The summed E-state index contributed by atoms with van der Waals surface area (Å²) in [4.78, 5) is 14.2. The molecule has 1 aliphatic heterocycles. The molecule has 1 aromatic rings. The molecule has 0 saturated carbocycles. The Bertz CT molecular complexity index is 446. The van der Waals surface area contributed by atoms with Crippen LogP contribution in [0.25, 0.3) is 0 Å². The van der Waals surface area contributed by atoms with Gasteiger partial charge in [-0.15, -0.1) is 0 Å². The molecule has 0 radical (unpaired) electrons. The normalized spacial score (nSPS) is 14.1. The summed E-state index contributed by atoms with van der Waals surface area (Å²) in [5.74, 6) is 0.128. The van der Waals surface area contributed by atoms with Crippen LogP contribution in [-0.2, 0) is 6.42 Å². The van der Waals surface area contributed by atoms with Crippen LogP contribution in [0.2, 0.25) is 0 Å². The highest BCUT2D eigenvalue weighted by Crippen LogP contribution is 2.23. The fourth-order valence-electron chi connectivity index (χ4n) is 2.43. The molecule has 1 aliphatic rings. The highest BCUT2D eigenvalue weighted by molar-refractivity contribution is 5.98. The smallest absolute Gasteiger partial charge is 0.176 e. The van der Waals surface area contributed by atoms with Crippen molar-refractivity contribution in [1.82, 2.24) is 4.90 Å². The van der Waals surface area contributed by atoms with E-state index in [1.807, 2.05) is 30.0 Å². The van der Waals surface area contributed by atoms with Crippen molar-refractivity contribution in [2.75, 3.05) is 38.1 Å². The Balaban J connectivity index is 2.06. The van der Waals surface area contributed by atoms with Crippen LogP contribution in [-0.4, -0.2) is 48.6 Å². The van der Waals surface area contributed by atoms with E-state index >= 15 is 0 Å². The van der Waals surface area contributed by atoms with E-state index < -0.39 is 0 Å². The fraction of sp³-hybridized carbons (Fsp3) is 0.533. The molecule has 0 saturated heterocycles. The summed E-state index contributed by atoms with van der Waals surface area (Å²) < 4.78 is 0. The van der Waals surface area contributed by atoms with Gasteiger partial charge in [-0.1, -0.05) is 6.92 Å². The van der Waals surface area contributed by atoms with Gasteiger partial charge in [-0.25, -0.2) is 0 Å². The van der Waals surface area contributed by atoms with Crippen molar-refractivity contribution in [2.24, 2.45) is 0 Å². The minimum Gasteiger partial charge on any atom is -0.395 e. The molecule has 2 N–H and O–H groups in total. The largest absolute Gasteiger partial charge is 0.395 e. The van der Waals surface area contributed by atoms with Gasteiger partial charge in [0.15, 0.2) is 5.78 Å². The number of aliphatic hydroxyl groups is 1. The summed E-state index contributed by atoms with van der Waals surface area (Å²) in [6.45, 7) is 4.81. The first-order valence-electron chi connectivity index (χ1n) is 6.97. The summed E-state index contributed by atoms with van der Waals surface area (Å²) in [5, 5.41) is 12.3. The van der Waals surface area contributed by atoms with E-state index in [0.717, 1.165) is 37.2 Å². The predicted octanol–water partition coefficient (Wildman–Crippen LogP) is 1.54. The van der Waals surface area contributed by atoms with Crippen LogP contribution in [0.15, 0.2) is 18.2 Å². The van der Waals surface area contributed by atoms with Crippen molar-refractivity contribution < 1.29 is 9.90 Å². The third-order valence-corrected chi connectivity index (χ3v) is 3.60. The lowest BCUT2D eigenvalue weighted by Gasteiger charge is -2.20. The van der Waals surface area contributed by atoms with E-state index in [-0.39, 0.29) is 12.4 Å². The summed E-state index contributed by atoms with van der Waals surface area (Å²) in [6.07, 6.45) is 2.16. The maximum absolute atomic E-state index is 12.2. The summed E-state index contributed by atoms with van der Waals surface area (Å²) >= 11 is 0. The van der Waals surface area contributed by atoms with Crippen molar-refractivity contribution in [1.29, 1.82) is 0 Å². The Hall–Kier alpha value is -1.39. The molecule has 1 heterocycles. The maximum Gasteiger partial charge on any atom is 0.176 e. The Kier molecular flexibility index (Phi) is 4.93. The van der Waals surface area contributed by atoms with E-state index in [9.17, 15) is 4.79 Å². The molecular formula is C15H22N2O2. The second-order valence-corrected chi connectivity index (χ2v) is 4.92. The molecular weight excluding hydrogens is 240 g/mol. The number of likely N-dealkylation sites (N-methyl/N-ethyl adjacent to an activating group) is 1. The zero-order valence-electron chi connectivity index (χ0n) is 11.5. The first-order valence-corrected chi connectivity index (χ1v) is 6.97. The number of nitrogens with one attached hydrogen (secondary N) is 1. The Labute approximate surface area is 114 Å². The van der Waals surface area contributed by atoms with Crippen LogP contribution in [0, 0.1) is 0 Å². The first kappa shape index (κ1) is 14.0. The van der Waals surface area contributed by atoms with E-state index in [2.05, 4.69) is 5.32 Å². The fourth-order valence-corrected chi connectivity index (χ4v) is 2.43. The van der Waals surface area contributed by atoms with Crippen LogP contribution in [0.3, 0.4) is 0 Å². The number of hydrogen-bond donors (Lipinski definition) is 2. The van der Waals surface area contributed by atoms with Gasteiger partial charge in [-0.2, -0.15) is 0 Å². The SMILES string of the molecule is CCN(CCO)CC(=O)c1ccc2c(c1)CCCN2. The van der Waals surface area contributed by atoms with Crippen molar-refractivity contribution in [3.8, 4) is 0 Å². The van der Waals surface area contributed by atoms with Gasteiger partial charge in [0.05, 0.1) is 13.2 Å². The number of fused-ring (bicyclic) bond motifs is 1. The molecule has 2 rings (SSSR count). The Morgan fingerprint density at radius 3 is 3.05 bits per heavy atom. The minimum absolute atomic E-state index is 0.0925. The number of aliphatic hydroxyl groups excluding tert-OH is 1. The van der Waals surface area contributed by atoms with Crippen LogP contribution in [0.5, 0.6) is 0 Å². The number of nitrogens with zero attached hydrogens (tertiary/aromatic N) is 1. The monoisotopic (exact) mass is 262 g/mol. The molecule has 104 valence electrons. The molecule has 0 fully saturated rings. The molecule has 0 spiro atoms. The van der Waals surface area contributed by atoms with Crippen LogP contribution in [0.1, 0.15) is 29.3 Å². The summed E-state index contributed by atoms with van der Waals surface area (Å²) in [6, 6.07) is 5.91.